The molecule has 5 rings (SSSR count). The van der Waals surface area contributed by atoms with Gasteiger partial charge in [0, 0.05) is 18.3 Å². The smallest absolute Gasteiger partial charge is 0.241 e. The number of nitrogens with one attached hydrogen (secondary N) is 3. The van der Waals surface area contributed by atoms with E-state index in [1.807, 2.05) is 30.3 Å². The number of aliphatic imine (C=N–C) groups is 1. The second-order valence-corrected chi connectivity index (χ2v) is 8.14. The van der Waals surface area contributed by atoms with Crippen molar-refractivity contribution in [1.29, 1.82) is 0 Å². The quantitative estimate of drug-likeness (QED) is 0.665. The number of carbonyl (C=O) groups excluding carboxylic acids is 2. The number of thioether (sulfide) groups is 1. The number of para-hydroxylation sites is 1. The number of carbonyl (C=O) groups is 2. The number of hydrogen-bond donors (Lipinski definition) is 3. The molecule has 31 heavy (non-hydrogen) atoms. The van der Waals surface area contributed by atoms with Crippen molar-refractivity contribution in [2.45, 2.75) is 6.17 Å². The number of anilines is 2. The van der Waals surface area contributed by atoms with Crippen LogP contribution in [0.25, 0.3) is 0 Å². The summed E-state index contributed by atoms with van der Waals surface area (Å²) in [6, 6.07) is 14.6. The number of ether oxygens (including phenoxy) is 2. The van der Waals surface area contributed by atoms with Crippen molar-refractivity contribution in [2.75, 3.05) is 35.7 Å². The van der Waals surface area contributed by atoms with Crippen LogP contribution in [0.15, 0.2) is 53.5 Å². The van der Waals surface area contributed by atoms with E-state index in [1.54, 1.807) is 23.1 Å². The highest BCUT2D eigenvalue weighted by atomic mass is 32.2. The van der Waals surface area contributed by atoms with Gasteiger partial charge in [-0.3, -0.25) is 19.9 Å². The monoisotopic (exact) mass is 439 g/mol. The maximum atomic E-state index is 13.1. The van der Waals surface area contributed by atoms with Crippen LogP contribution in [-0.4, -0.2) is 48.7 Å². The Hall–Kier alpha value is -3.08. The Labute approximate surface area is 183 Å². The SMILES string of the molecule is O=C(CSC1=NC2NNCC2C(=O)N1c1ccccc1)Nc1ccc2c(c1)OCCO2. The third-order valence-corrected chi connectivity index (χ3v) is 6.06. The van der Waals surface area contributed by atoms with Gasteiger partial charge in [-0.05, 0) is 24.3 Å². The van der Waals surface area contributed by atoms with Crippen molar-refractivity contribution >= 4 is 40.1 Å². The van der Waals surface area contributed by atoms with Gasteiger partial charge in [-0.25, -0.2) is 10.4 Å². The van der Waals surface area contributed by atoms with E-state index in [9.17, 15) is 9.59 Å². The van der Waals surface area contributed by atoms with Crippen molar-refractivity contribution in [3.8, 4) is 11.5 Å². The molecule has 0 radical (unpaired) electrons. The Balaban J connectivity index is 1.29. The first-order chi connectivity index (χ1) is 15.2. The van der Waals surface area contributed by atoms with E-state index in [-0.39, 0.29) is 29.7 Å². The lowest BCUT2D eigenvalue weighted by atomic mass is 10.1. The van der Waals surface area contributed by atoms with Gasteiger partial charge in [0.05, 0.1) is 17.4 Å². The molecule has 3 aliphatic heterocycles. The third-order valence-electron chi connectivity index (χ3n) is 5.10. The predicted molar refractivity (Wildman–Crippen MR) is 118 cm³/mol. The molecule has 160 valence electrons. The Kier molecular flexibility index (Phi) is 5.49. The molecule has 0 aliphatic carbocycles. The zero-order valence-corrected chi connectivity index (χ0v) is 17.4. The van der Waals surface area contributed by atoms with Crippen LogP contribution in [0.4, 0.5) is 11.4 Å². The minimum atomic E-state index is -0.337. The number of amides is 2. The van der Waals surface area contributed by atoms with Crippen LogP contribution in [-0.2, 0) is 9.59 Å². The Morgan fingerprint density at radius 2 is 1.97 bits per heavy atom. The van der Waals surface area contributed by atoms with Gasteiger partial charge < -0.3 is 14.8 Å². The fourth-order valence-electron chi connectivity index (χ4n) is 3.63. The molecule has 2 unspecified atom stereocenters. The topological polar surface area (TPSA) is 104 Å². The minimum absolute atomic E-state index is 0.0431. The summed E-state index contributed by atoms with van der Waals surface area (Å²) in [5.41, 5.74) is 7.37. The van der Waals surface area contributed by atoms with E-state index < -0.39 is 0 Å². The highest BCUT2D eigenvalue weighted by molar-refractivity contribution is 8.14. The van der Waals surface area contributed by atoms with Crippen LogP contribution in [0.3, 0.4) is 0 Å². The molecule has 9 nitrogen and oxygen atoms in total. The van der Waals surface area contributed by atoms with Crippen molar-refractivity contribution in [2.24, 2.45) is 10.9 Å². The molecule has 3 aliphatic rings. The van der Waals surface area contributed by atoms with E-state index in [2.05, 4.69) is 21.2 Å². The summed E-state index contributed by atoms with van der Waals surface area (Å²) >= 11 is 1.23. The highest BCUT2D eigenvalue weighted by Gasteiger charge is 2.42. The van der Waals surface area contributed by atoms with Gasteiger partial charge in [-0.1, -0.05) is 30.0 Å². The molecule has 3 N–H and O–H groups in total. The van der Waals surface area contributed by atoms with Crippen molar-refractivity contribution < 1.29 is 19.1 Å². The molecule has 2 aromatic rings. The number of rotatable bonds is 4. The van der Waals surface area contributed by atoms with Crippen LogP contribution in [0, 0.1) is 5.92 Å². The number of benzene rings is 2. The Morgan fingerprint density at radius 1 is 1.16 bits per heavy atom. The summed E-state index contributed by atoms with van der Waals surface area (Å²) in [5.74, 6) is 0.854. The lowest BCUT2D eigenvalue weighted by Gasteiger charge is -2.32. The summed E-state index contributed by atoms with van der Waals surface area (Å²) < 4.78 is 11.1. The molecule has 2 aromatic carbocycles. The van der Waals surface area contributed by atoms with E-state index in [0.717, 1.165) is 5.69 Å². The van der Waals surface area contributed by atoms with Gasteiger partial charge in [0.25, 0.3) is 0 Å². The first-order valence-corrected chi connectivity index (χ1v) is 10.9. The van der Waals surface area contributed by atoms with Gasteiger partial charge >= 0.3 is 0 Å². The van der Waals surface area contributed by atoms with E-state index in [0.29, 0.717) is 42.1 Å². The molecule has 0 aromatic heterocycles. The molecule has 3 heterocycles. The maximum Gasteiger partial charge on any atom is 0.241 e. The average Bonchev–Trinajstić information content (AvgIpc) is 3.27. The van der Waals surface area contributed by atoms with Crippen molar-refractivity contribution in [3.05, 3.63) is 48.5 Å². The minimum Gasteiger partial charge on any atom is -0.486 e. The van der Waals surface area contributed by atoms with Gasteiger partial charge in [-0.15, -0.1) is 0 Å². The first kappa shape index (κ1) is 19.9. The summed E-state index contributed by atoms with van der Waals surface area (Å²) in [6.07, 6.45) is -0.337. The van der Waals surface area contributed by atoms with Gasteiger partial charge in [0.2, 0.25) is 11.8 Å². The van der Waals surface area contributed by atoms with Crippen LogP contribution < -0.4 is 30.5 Å². The van der Waals surface area contributed by atoms with E-state index >= 15 is 0 Å². The molecule has 0 spiro atoms. The fraction of sp³-hybridized carbons (Fsp3) is 0.286. The van der Waals surface area contributed by atoms with Crippen LogP contribution >= 0.6 is 11.8 Å². The molecule has 2 amide bonds. The highest BCUT2D eigenvalue weighted by Crippen LogP contribution is 2.33. The van der Waals surface area contributed by atoms with Crippen LogP contribution in [0.1, 0.15) is 0 Å². The molecule has 1 saturated heterocycles. The van der Waals surface area contributed by atoms with Gasteiger partial charge in [0.1, 0.15) is 19.4 Å². The predicted octanol–water partition coefficient (Wildman–Crippen LogP) is 1.58. The van der Waals surface area contributed by atoms with Crippen LogP contribution in [0.2, 0.25) is 0 Å². The third kappa shape index (κ3) is 4.09. The fourth-order valence-corrected chi connectivity index (χ4v) is 4.48. The van der Waals surface area contributed by atoms with Crippen LogP contribution in [0.5, 0.6) is 11.5 Å². The maximum absolute atomic E-state index is 13.1. The summed E-state index contributed by atoms with van der Waals surface area (Å²) in [7, 11) is 0. The number of hydrazine groups is 1. The van der Waals surface area contributed by atoms with Gasteiger partial charge in [-0.2, -0.15) is 0 Å². The largest absolute Gasteiger partial charge is 0.486 e. The second-order valence-electron chi connectivity index (χ2n) is 7.19. The Morgan fingerprint density at radius 3 is 2.81 bits per heavy atom. The number of hydrogen-bond acceptors (Lipinski definition) is 8. The van der Waals surface area contributed by atoms with Crippen molar-refractivity contribution in [3.63, 3.8) is 0 Å². The molecule has 0 saturated carbocycles. The second kappa shape index (κ2) is 8.58. The molecular weight excluding hydrogens is 418 g/mol. The summed E-state index contributed by atoms with van der Waals surface area (Å²) in [6.45, 7) is 1.51. The molecule has 10 heteroatoms. The first-order valence-electron chi connectivity index (χ1n) is 9.96. The number of amidine groups is 1. The lowest BCUT2D eigenvalue weighted by Crippen LogP contribution is -2.49. The number of fused-ring (bicyclic) bond motifs is 2. The summed E-state index contributed by atoms with van der Waals surface area (Å²) in [4.78, 5) is 32.0. The zero-order chi connectivity index (χ0) is 21.2. The standard InChI is InChI=1S/C21H21N5O4S/c27-18(23-13-6-7-16-17(10-13)30-9-8-29-16)12-31-21-24-19-15(11-22-25-19)20(28)26(21)14-4-2-1-3-5-14/h1-7,10,15,19,22,25H,8-9,11-12H2,(H,23,27). The molecular formula is C21H21N5O4S. The van der Waals surface area contributed by atoms with Crippen molar-refractivity contribution in [1.82, 2.24) is 10.9 Å². The van der Waals surface area contributed by atoms with E-state index in [4.69, 9.17) is 9.47 Å². The zero-order valence-electron chi connectivity index (χ0n) is 16.5. The van der Waals surface area contributed by atoms with Gasteiger partial charge in [0.15, 0.2) is 16.7 Å². The normalized spacial score (nSPS) is 22.0. The molecule has 1 fully saturated rings. The Bertz CT molecular complexity index is 1030. The average molecular weight is 439 g/mol. The molecule has 2 atom stereocenters. The lowest BCUT2D eigenvalue weighted by molar-refractivity contribution is -0.121. The molecule has 0 bridgehead atoms. The summed E-state index contributed by atoms with van der Waals surface area (Å²) in [5, 5.41) is 3.35. The number of nitrogens with zero attached hydrogens (tertiary/aromatic N) is 2. The van der Waals surface area contributed by atoms with E-state index in [1.165, 1.54) is 11.8 Å².